The lowest BCUT2D eigenvalue weighted by molar-refractivity contribution is 0.285. The minimum atomic E-state index is -0.0114. The Kier molecular flexibility index (Phi) is 5.38. The zero-order valence-electron chi connectivity index (χ0n) is 11.0. The second kappa shape index (κ2) is 6.80. The number of rotatable bonds is 6. The fraction of sp³-hybridized carbons (Fsp3) is 0.500. The van der Waals surface area contributed by atoms with Gasteiger partial charge >= 0.3 is 0 Å². The highest BCUT2D eigenvalue weighted by atomic mass is 16.5. The molecule has 1 aromatic heterocycles. The molecule has 0 bridgehead atoms. The Labute approximate surface area is 107 Å². The van der Waals surface area contributed by atoms with E-state index in [2.05, 4.69) is 15.0 Å². The summed E-state index contributed by atoms with van der Waals surface area (Å²) >= 11 is 0. The van der Waals surface area contributed by atoms with Crippen LogP contribution < -0.4 is 10.5 Å². The number of amidine groups is 1. The molecule has 0 amide bonds. The van der Waals surface area contributed by atoms with Gasteiger partial charge in [0.25, 0.3) is 0 Å². The summed E-state index contributed by atoms with van der Waals surface area (Å²) in [5, 5.41) is 11.6. The van der Waals surface area contributed by atoms with Gasteiger partial charge in [0, 0.05) is 30.8 Å². The number of hydrogen-bond donors (Lipinski definition) is 2. The van der Waals surface area contributed by atoms with Crippen molar-refractivity contribution in [2.24, 2.45) is 16.8 Å². The quantitative estimate of drug-likeness (QED) is 0.340. The molecule has 1 heterocycles. The number of oxime groups is 1. The zero-order valence-corrected chi connectivity index (χ0v) is 11.0. The van der Waals surface area contributed by atoms with Crippen LogP contribution in [0.3, 0.4) is 0 Å². The molecule has 0 saturated carbocycles. The predicted octanol–water partition coefficient (Wildman–Crippen LogP) is 0.905. The van der Waals surface area contributed by atoms with E-state index in [1.54, 1.807) is 13.3 Å². The summed E-state index contributed by atoms with van der Waals surface area (Å²) in [7, 11) is 3.57. The second-order valence-electron chi connectivity index (χ2n) is 4.29. The maximum absolute atomic E-state index is 8.60. The van der Waals surface area contributed by atoms with Gasteiger partial charge in [0.15, 0.2) is 0 Å². The van der Waals surface area contributed by atoms with Crippen molar-refractivity contribution in [2.45, 2.75) is 13.5 Å². The van der Waals surface area contributed by atoms with Gasteiger partial charge in [0.2, 0.25) is 5.88 Å². The van der Waals surface area contributed by atoms with Crippen molar-refractivity contribution in [3.05, 3.63) is 23.9 Å². The standard InChI is InChI=1S/C12H20N4O2/c1-9(11(13)15-17)7-16(2)8-10-5-4-6-14-12(10)18-3/h4-6,9,17H,7-8H2,1-3H3,(H2,13,15). The first-order chi connectivity index (χ1) is 8.58. The second-order valence-corrected chi connectivity index (χ2v) is 4.29. The number of hydrogen-bond acceptors (Lipinski definition) is 5. The Hall–Kier alpha value is -1.82. The van der Waals surface area contributed by atoms with Crippen LogP contribution in [0.5, 0.6) is 5.88 Å². The number of methoxy groups -OCH3 is 1. The minimum Gasteiger partial charge on any atom is -0.481 e. The van der Waals surface area contributed by atoms with E-state index < -0.39 is 0 Å². The Balaban J connectivity index is 2.62. The van der Waals surface area contributed by atoms with Crippen molar-refractivity contribution in [3.63, 3.8) is 0 Å². The van der Waals surface area contributed by atoms with Gasteiger partial charge in [-0.3, -0.25) is 0 Å². The largest absolute Gasteiger partial charge is 0.481 e. The summed E-state index contributed by atoms with van der Waals surface area (Å²) < 4.78 is 5.19. The molecule has 1 atom stereocenters. The SMILES string of the molecule is COc1ncccc1CN(C)CC(C)C(N)=NO. The molecule has 6 heteroatoms. The van der Waals surface area contributed by atoms with Gasteiger partial charge in [0.1, 0.15) is 5.84 Å². The molecule has 1 unspecified atom stereocenters. The van der Waals surface area contributed by atoms with Gasteiger partial charge in [-0.1, -0.05) is 18.1 Å². The highest BCUT2D eigenvalue weighted by molar-refractivity contribution is 5.82. The molecule has 3 N–H and O–H groups in total. The minimum absolute atomic E-state index is 0.0114. The predicted molar refractivity (Wildman–Crippen MR) is 69.7 cm³/mol. The summed E-state index contributed by atoms with van der Waals surface area (Å²) in [4.78, 5) is 6.22. The van der Waals surface area contributed by atoms with Gasteiger partial charge in [-0.25, -0.2) is 4.98 Å². The smallest absolute Gasteiger partial charge is 0.217 e. The first kappa shape index (κ1) is 14.2. The van der Waals surface area contributed by atoms with Crippen LogP contribution in [0.4, 0.5) is 0 Å². The Bertz CT molecular complexity index is 409. The topological polar surface area (TPSA) is 84.0 Å². The maximum Gasteiger partial charge on any atom is 0.217 e. The lowest BCUT2D eigenvalue weighted by Crippen LogP contribution is -2.32. The average molecular weight is 252 g/mol. The van der Waals surface area contributed by atoms with E-state index in [9.17, 15) is 0 Å². The molecular formula is C12H20N4O2. The molecule has 0 radical (unpaired) electrons. The zero-order chi connectivity index (χ0) is 13.5. The van der Waals surface area contributed by atoms with Gasteiger partial charge < -0.3 is 20.6 Å². The summed E-state index contributed by atoms with van der Waals surface area (Å²) in [6, 6.07) is 3.84. The lowest BCUT2D eigenvalue weighted by atomic mass is 10.1. The van der Waals surface area contributed by atoms with Crippen molar-refractivity contribution in [3.8, 4) is 5.88 Å². The van der Waals surface area contributed by atoms with E-state index in [-0.39, 0.29) is 11.8 Å². The molecule has 0 aromatic carbocycles. The summed E-state index contributed by atoms with van der Waals surface area (Å²) in [6.07, 6.45) is 1.70. The van der Waals surface area contributed by atoms with E-state index in [4.69, 9.17) is 15.7 Å². The van der Waals surface area contributed by atoms with Crippen LogP contribution in [-0.2, 0) is 6.54 Å². The Morgan fingerprint density at radius 3 is 3.00 bits per heavy atom. The fourth-order valence-electron chi connectivity index (χ4n) is 1.74. The first-order valence-corrected chi connectivity index (χ1v) is 5.72. The van der Waals surface area contributed by atoms with Crippen LogP contribution in [0.15, 0.2) is 23.5 Å². The molecule has 0 spiro atoms. The fourth-order valence-corrected chi connectivity index (χ4v) is 1.74. The molecule has 0 aliphatic heterocycles. The van der Waals surface area contributed by atoms with E-state index in [1.165, 1.54) is 0 Å². The number of nitrogens with zero attached hydrogens (tertiary/aromatic N) is 3. The van der Waals surface area contributed by atoms with Gasteiger partial charge in [-0.15, -0.1) is 0 Å². The number of pyridine rings is 1. The molecule has 0 saturated heterocycles. The normalized spacial score (nSPS) is 13.7. The highest BCUT2D eigenvalue weighted by Gasteiger charge is 2.13. The third-order valence-electron chi connectivity index (χ3n) is 2.69. The molecule has 1 aromatic rings. The van der Waals surface area contributed by atoms with Crippen molar-refractivity contribution >= 4 is 5.84 Å². The van der Waals surface area contributed by atoms with Crippen LogP contribution in [-0.4, -0.2) is 41.6 Å². The molecule has 18 heavy (non-hydrogen) atoms. The molecule has 6 nitrogen and oxygen atoms in total. The lowest BCUT2D eigenvalue weighted by Gasteiger charge is -2.21. The Morgan fingerprint density at radius 2 is 2.39 bits per heavy atom. The third-order valence-corrected chi connectivity index (χ3v) is 2.69. The first-order valence-electron chi connectivity index (χ1n) is 5.72. The number of aromatic nitrogens is 1. The molecule has 0 fully saturated rings. The summed E-state index contributed by atoms with van der Waals surface area (Å²) in [5.41, 5.74) is 6.56. The van der Waals surface area contributed by atoms with Crippen LogP contribution >= 0.6 is 0 Å². The van der Waals surface area contributed by atoms with E-state index in [0.717, 1.165) is 5.56 Å². The van der Waals surface area contributed by atoms with E-state index in [0.29, 0.717) is 19.0 Å². The van der Waals surface area contributed by atoms with Crippen molar-refractivity contribution < 1.29 is 9.94 Å². The van der Waals surface area contributed by atoms with E-state index in [1.807, 2.05) is 26.1 Å². The molecular weight excluding hydrogens is 232 g/mol. The van der Waals surface area contributed by atoms with Crippen molar-refractivity contribution in [1.82, 2.24) is 9.88 Å². The van der Waals surface area contributed by atoms with Gasteiger partial charge in [0.05, 0.1) is 7.11 Å². The van der Waals surface area contributed by atoms with E-state index >= 15 is 0 Å². The number of nitrogens with two attached hydrogens (primary N) is 1. The van der Waals surface area contributed by atoms with Crippen LogP contribution in [0, 0.1) is 5.92 Å². The maximum atomic E-state index is 8.60. The van der Waals surface area contributed by atoms with Crippen LogP contribution in [0.1, 0.15) is 12.5 Å². The van der Waals surface area contributed by atoms with Crippen LogP contribution in [0.2, 0.25) is 0 Å². The van der Waals surface area contributed by atoms with Crippen LogP contribution in [0.25, 0.3) is 0 Å². The molecule has 1 rings (SSSR count). The van der Waals surface area contributed by atoms with Gasteiger partial charge in [-0.2, -0.15) is 0 Å². The van der Waals surface area contributed by atoms with Crippen molar-refractivity contribution in [1.29, 1.82) is 0 Å². The molecule has 0 aliphatic rings. The summed E-state index contributed by atoms with van der Waals surface area (Å²) in [6.45, 7) is 3.29. The Morgan fingerprint density at radius 1 is 1.67 bits per heavy atom. The average Bonchev–Trinajstić information content (AvgIpc) is 2.38. The molecule has 0 aliphatic carbocycles. The van der Waals surface area contributed by atoms with Gasteiger partial charge in [-0.05, 0) is 13.1 Å². The molecule has 100 valence electrons. The monoisotopic (exact) mass is 252 g/mol. The highest BCUT2D eigenvalue weighted by Crippen LogP contribution is 2.15. The third kappa shape index (κ3) is 3.89. The van der Waals surface area contributed by atoms with Crippen molar-refractivity contribution in [2.75, 3.05) is 20.7 Å². The summed E-state index contributed by atoms with van der Waals surface area (Å²) in [5.74, 6) is 0.850. The number of ether oxygens (including phenoxy) is 1.